The van der Waals surface area contributed by atoms with Gasteiger partial charge in [0.25, 0.3) is 5.91 Å². The van der Waals surface area contributed by atoms with E-state index < -0.39 is 0 Å². The van der Waals surface area contributed by atoms with E-state index in [-0.39, 0.29) is 5.91 Å². The number of rotatable bonds is 5. The first kappa shape index (κ1) is 18.9. The number of carbonyl (C=O) groups is 1. The van der Waals surface area contributed by atoms with Crippen LogP contribution in [0.3, 0.4) is 0 Å². The molecule has 1 amide bonds. The molecule has 0 fully saturated rings. The second kappa shape index (κ2) is 8.27. The Morgan fingerprint density at radius 2 is 1.72 bits per heavy atom. The van der Waals surface area contributed by atoms with Crippen molar-refractivity contribution >= 4 is 11.6 Å². The first-order valence-electron chi connectivity index (χ1n) is 9.66. The van der Waals surface area contributed by atoms with Gasteiger partial charge >= 0.3 is 0 Å². The number of hydrogen-bond acceptors (Lipinski definition) is 4. The average Bonchev–Trinajstić information content (AvgIpc) is 2.77. The Balaban J connectivity index is 1.54. The predicted octanol–water partition coefficient (Wildman–Crippen LogP) is 4.05. The third kappa shape index (κ3) is 4.04. The summed E-state index contributed by atoms with van der Waals surface area (Å²) in [6, 6.07) is 21.4. The molecule has 0 unspecified atom stereocenters. The Morgan fingerprint density at radius 1 is 1.00 bits per heavy atom. The number of amides is 1. The Hall–Kier alpha value is -3.47. The largest absolute Gasteiger partial charge is 0.493 e. The molecule has 0 aliphatic carbocycles. The molecule has 1 aliphatic rings. The Labute approximate surface area is 170 Å². The minimum atomic E-state index is -0.0927. The van der Waals surface area contributed by atoms with Gasteiger partial charge in [0.15, 0.2) is 11.5 Å². The summed E-state index contributed by atoms with van der Waals surface area (Å²) in [4.78, 5) is 15.0. The Kier molecular flexibility index (Phi) is 5.38. The lowest BCUT2D eigenvalue weighted by atomic mass is 9.99. The molecule has 4 rings (SSSR count). The molecular weight excluding hydrogens is 364 g/mol. The lowest BCUT2D eigenvalue weighted by Crippen LogP contribution is -2.36. The topological polar surface area (TPSA) is 64.8 Å². The molecule has 29 heavy (non-hydrogen) atoms. The van der Waals surface area contributed by atoms with E-state index in [1.165, 1.54) is 11.1 Å². The summed E-state index contributed by atoms with van der Waals surface area (Å²) in [6.45, 7) is 1.65. The summed E-state index contributed by atoms with van der Waals surface area (Å²) in [6.07, 6.45) is 0.844. The fraction of sp³-hybridized carbons (Fsp3) is 0.208. The molecule has 0 bridgehead atoms. The van der Waals surface area contributed by atoms with Crippen LogP contribution in [0, 0.1) is 0 Å². The highest BCUT2D eigenvalue weighted by atomic mass is 16.5. The molecule has 0 saturated heterocycles. The number of nitrogens with zero attached hydrogens (tertiary/aromatic N) is 1. The van der Waals surface area contributed by atoms with Crippen molar-refractivity contribution in [3.05, 3.63) is 89.0 Å². The molecule has 1 heterocycles. The molecule has 1 aliphatic heterocycles. The Bertz CT molecular complexity index is 1020. The SMILES string of the molecule is COc1cc(C(=O)N2CCc3ccccc3C2)c(N)cc1OCc1ccccc1. The van der Waals surface area contributed by atoms with Gasteiger partial charge in [0, 0.05) is 24.8 Å². The summed E-state index contributed by atoms with van der Waals surface area (Å²) < 4.78 is 11.4. The van der Waals surface area contributed by atoms with E-state index in [9.17, 15) is 4.79 Å². The molecule has 0 aromatic heterocycles. The van der Waals surface area contributed by atoms with Gasteiger partial charge in [-0.2, -0.15) is 0 Å². The van der Waals surface area contributed by atoms with Crippen LogP contribution in [0.15, 0.2) is 66.7 Å². The van der Waals surface area contributed by atoms with Gasteiger partial charge in [-0.3, -0.25) is 4.79 Å². The van der Waals surface area contributed by atoms with E-state index in [0.717, 1.165) is 12.0 Å². The summed E-state index contributed by atoms with van der Waals surface area (Å²) in [5.41, 5.74) is 10.6. The third-order valence-electron chi connectivity index (χ3n) is 5.22. The van der Waals surface area contributed by atoms with Crippen molar-refractivity contribution in [3.8, 4) is 11.5 Å². The van der Waals surface area contributed by atoms with Gasteiger partial charge < -0.3 is 20.1 Å². The minimum absolute atomic E-state index is 0.0927. The summed E-state index contributed by atoms with van der Waals surface area (Å²) in [5, 5.41) is 0. The first-order valence-corrected chi connectivity index (χ1v) is 9.66. The van der Waals surface area contributed by atoms with Crippen LogP contribution in [0.1, 0.15) is 27.0 Å². The number of nitrogens with two attached hydrogens (primary N) is 1. The monoisotopic (exact) mass is 388 g/mol. The third-order valence-corrected chi connectivity index (χ3v) is 5.22. The minimum Gasteiger partial charge on any atom is -0.493 e. The maximum atomic E-state index is 13.1. The van der Waals surface area contributed by atoms with Gasteiger partial charge in [-0.1, -0.05) is 54.6 Å². The molecule has 5 nitrogen and oxygen atoms in total. The molecule has 148 valence electrons. The second-order valence-corrected chi connectivity index (χ2v) is 7.11. The van der Waals surface area contributed by atoms with E-state index in [4.69, 9.17) is 15.2 Å². The average molecular weight is 388 g/mol. The van der Waals surface area contributed by atoms with E-state index in [2.05, 4.69) is 12.1 Å². The van der Waals surface area contributed by atoms with Gasteiger partial charge in [-0.15, -0.1) is 0 Å². The number of benzene rings is 3. The second-order valence-electron chi connectivity index (χ2n) is 7.11. The number of fused-ring (bicyclic) bond motifs is 1. The smallest absolute Gasteiger partial charge is 0.256 e. The van der Waals surface area contributed by atoms with E-state index in [1.54, 1.807) is 19.2 Å². The van der Waals surface area contributed by atoms with Crippen LogP contribution in [-0.4, -0.2) is 24.5 Å². The van der Waals surface area contributed by atoms with E-state index >= 15 is 0 Å². The van der Waals surface area contributed by atoms with Crippen LogP contribution < -0.4 is 15.2 Å². The number of methoxy groups -OCH3 is 1. The summed E-state index contributed by atoms with van der Waals surface area (Å²) in [7, 11) is 1.56. The van der Waals surface area contributed by atoms with Crippen LogP contribution >= 0.6 is 0 Å². The van der Waals surface area contributed by atoms with Crippen molar-refractivity contribution in [1.29, 1.82) is 0 Å². The molecular formula is C24H24N2O3. The van der Waals surface area contributed by atoms with Crippen molar-refractivity contribution < 1.29 is 14.3 Å². The zero-order chi connectivity index (χ0) is 20.2. The van der Waals surface area contributed by atoms with Gasteiger partial charge in [0.1, 0.15) is 6.61 Å². The van der Waals surface area contributed by atoms with Crippen LogP contribution in [0.2, 0.25) is 0 Å². The number of ether oxygens (including phenoxy) is 2. The lowest BCUT2D eigenvalue weighted by Gasteiger charge is -2.29. The Morgan fingerprint density at radius 3 is 2.48 bits per heavy atom. The molecule has 3 aromatic carbocycles. The van der Waals surface area contributed by atoms with E-state index in [0.29, 0.717) is 42.4 Å². The molecule has 3 aromatic rings. The van der Waals surface area contributed by atoms with Crippen LogP contribution in [0.4, 0.5) is 5.69 Å². The highest BCUT2D eigenvalue weighted by Crippen LogP contribution is 2.34. The standard InChI is InChI=1S/C24H24N2O3/c1-28-22-13-20(21(25)14-23(22)29-16-17-7-3-2-4-8-17)24(27)26-12-11-18-9-5-6-10-19(18)15-26/h2-10,13-14H,11-12,15-16,25H2,1H3. The number of carbonyl (C=O) groups excluding carboxylic acids is 1. The van der Waals surface area contributed by atoms with Gasteiger partial charge in [-0.05, 0) is 29.2 Å². The summed E-state index contributed by atoms with van der Waals surface area (Å²) >= 11 is 0. The van der Waals surface area contributed by atoms with Crippen LogP contribution in [-0.2, 0) is 19.6 Å². The molecule has 0 atom stereocenters. The van der Waals surface area contributed by atoms with Crippen molar-refractivity contribution in [2.45, 2.75) is 19.6 Å². The van der Waals surface area contributed by atoms with Crippen molar-refractivity contribution in [2.75, 3.05) is 19.4 Å². The highest BCUT2D eigenvalue weighted by molar-refractivity contribution is 6.00. The van der Waals surface area contributed by atoms with Gasteiger partial charge in [0.2, 0.25) is 0 Å². The van der Waals surface area contributed by atoms with Crippen molar-refractivity contribution in [3.63, 3.8) is 0 Å². The fourth-order valence-electron chi connectivity index (χ4n) is 3.61. The van der Waals surface area contributed by atoms with E-state index in [1.807, 2.05) is 47.4 Å². The predicted molar refractivity (Wildman–Crippen MR) is 113 cm³/mol. The summed E-state index contributed by atoms with van der Waals surface area (Å²) in [5.74, 6) is 0.926. The molecule has 2 N–H and O–H groups in total. The molecule has 0 radical (unpaired) electrons. The van der Waals surface area contributed by atoms with Crippen molar-refractivity contribution in [1.82, 2.24) is 4.90 Å². The van der Waals surface area contributed by atoms with Crippen molar-refractivity contribution in [2.24, 2.45) is 0 Å². The first-order chi connectivity index (χ1) is 14.2. The molecule has 0 saturated carbocycles. The normalized spacial score (nSPS) is 12.9. The van der Waals surface area contributed by atoms with Crippen LogP contribution in [0.5, 0.6) is 11.5 Å². The maximum Gasteiger partial charge on any atom is 0.256 e. The molecule has 5 heteroatoms. The number of anilines is 1. The number of nitrogen functional groups attached to an aromatic ring is 1. The quantitative estimate of drug-likeness (QED) is 0.670. The van der Waals surface area contributed by atoms with Gasteiger partial charge in [-0.25, -0.2) is 0 Å². The van der Waals surface area contributed by atoms with Crippen LogP contribution in [0.25, 0.3) is 0 Å². The molecule has 0 spiro atoms. The maximum absolute atomic E-state index is 13.1. The highest BCUT2D eigenvalue weighted by Gasteiger charge is 2.24. The lowest BCUT2D eigenvalue weighted by molar-refractivity contribution is 0.0735. The fourth-order valence-corrected chi connectivity index (χ4v) is 3.61. The zero-order valence-corrected chi connectivity index (χ0v) is 16.4. The van der Waals surface area contributed by atoms with Gasteiger partial charge in [0.05, 0.1) is 12.7 Å². The number of hydrogen-bond donors (Lipinski definition) is 1. The zero-order valence-electron chi connectivity index (χ0n) is 16.4.